The summed E-state index contributed by atoms with van der Waals surface area (Å²) in [7, 11) is 0. The minimum Gasteiger partial charge on any atom is -0.505 e. The summed E-state index contributed by atoms with van der Waals surface area (Å²) in [6.45, 7) is 14.4. The van der Waals surface area contributed by atoms with E-state index in [9.17, 15) is 9.90 Å². The summed E-state index contributed by atoms with van der Waals surface area (Å²) in [5, 5.41) is 10.3. The molecule has 1 saturated heterocycles. The predicted octanol–water partition coefficient (Wildman–Crippen LogP) is 4.58. The lowest BCUT2D eigenvalue weighted by molar-refractivity contribution is -0.236. The second-order valence-electron chi connectivity index (χ2n) is 9.06. The Morgan fingerprint density at radius 2 is 1.78 bits per heavy atom. The lowest BCUT2D eigenvalue weighted by atomic mass is 9.46. The van der Waals surface area contributed by atoms with Crippen LogP contribution in [0.1, 0.15) is 60.3 Å². The van der Waals surface area contributed by atoms with Gasteiger partial charge in [0.1, 0.15) is 0 Å². The Kier molecular flexibility index (Phi) is 3.44. The maximum absolute atomic E-state index is 12.5. The standard InChI is InChI=1S/C20H30O3/c1-7-18(4)10-8-15-19(5)12-13(21)16(22)17(2,3)14(19)9-11-20(15,6)23-18/h7,12,14-15,21H,1,8-11H2,2-6H3/t14-,15-,18+,19+,20-/m1/s1. The number of ether oxygens (including phenoxy) is 1. The van der Waals surface area contributed by atoms with Gasteiger partial charge in [-0.1, -0.05) is 26.8 Å². The first-order valence-corrected chi connectivity index (χ1v) is 8.79. The number of carbonyl (C=O) groups is 1. The van der Waals surface area contributed by atoms with Crippen molar-refractivity contribution in [3.8, 4) is 0 Å². The molecule has 0 aromatic carbocycles. The van der Waals surface area contributed by atoms with Crippen molar-refractivity contribution in [1.29, 1.82) is 0 Å². The van der Waals surface area contributed by atoms with Crippen molar-refractivity contribution in [2.45, 2.75) is 71.5 Å². The number of allylic oxidation sites excluding steroid dienone is 2. The van der Waals surface area contributed by atoms with Crippen LogP contribution in [0.4, 0.5) is 0 Å². The Labute approximate surface area is 139 Å². The second kappa shape index (κ2) is 4.72. The maximum atomic E-state index is 12.5. The fourth-order valence-electron chi connectivity index (χ4n) is 5.90. The van der Waals surface area contributed by atoms with Gasteiger partial charge in [-0.25, -0.2) is 0 Å². The van der Waals surface area contributed by atoms with Crippen LogP contribution in [-0.2, 0) is 9.53 Å². The quantitative estimate of drug-likeness (QED) is 0.720. The third-order valence-electron chi connectivity index (χ3n) is 7.13. The van der Waals surface area contributed by atoms with Crippen molar-refractivity contribution < 1.29 is 14.6 Å². The molecule has 3 nitrogen and oxygen atoms in total. The normalized spacial score (nSPS) is 48.9. The first-order valence-electron chi connectivity index (χ1n) is 8.79. The van der Waals surface area contributed by atoms with E-state index in [0.29, 0.717) is 5.92 Å². The third kappa shape index (κ3) is 2.15. The van der Waals surface area contributed by atoms with Gasteiger partial charge in [-0.15, -0.1) is 6.58 Å². The number of ketones is 1. The average Bonchev–Trinajstić information content (AvgIpc) is 2.43. The summed E-state index contributed by atoms with van der Waals surface area (Å²) in [6, 6.07) is 0. The van der Waals surface area contributed by atoms with Gasteiger partial charge in [0.2, 0.25) is 5.78 Å². The molecular formula is C20H30O3. The number of hydrogen-bond acceptors (Lipinski definition) is 3. The molecule has 128 valence electrons. The van der Waals surface area contributed by atoms with Gasteiger partial charge in [-0.05, 0) is 62.9 Å². The summed E-state index contributed by atoms with van der Waals surface area (Å²) in [5.41, 5.74) is -1.25. The fraction of sp³-hybridized carbons (Fsp3) is 0.750. The molecule has 3 rings (SSSR count). The molecule has 2 fully saturated rings. The molecule has 1 heterocycles. The van der Waals surface area contributed by atoms with Crippen molar-refractivity contribution in [2.24, 2.45) is 22.7 Å². The van der Waals surface area contributed by atoms with E-state index in [0.717, 1.165) is 25.7 Å². The highest BCUT2D eigenvalue weighted by molar-refractivity contribution is 5.98. The van der Waals surface area contributed by atoms with Crippen molar-refractivity contribution in [1.82, 2.24) is 0 Å². The Hall–Kier alpha value is -1.09. The number of fused-ring (bicyclic) bond motifs is 3. The molecule has 1 aliphatic heterocycles. The van der Waals surface area contributed by atoms with Crippen LogP contribution >= 0.6 is 0 Å². The smallest absolute Gasteiger partial charge is 0.202 e. The number of aliphatic hydroxyl groups is 1. The van der Waals surface area contributed by atoms with Crippen LogP contribution in [0.3, 0.4) is 0 Å². The lowest BCUT2D eigenvalue weighted by Crippen LogP contribution is -2.63. The van der Waals surface area contributed by atoms with Crippen molar-refractivity contribution in [3.63, 3.8) is 0 Å². The Bertz CT molecular complexity index is 590. The number of carbonyl (C=O) groups excluding carboxylic acids is 1. The molecule has 0 unspecified atom stereocenters. The summed E-state index contributed by atoms with van der Waals surface area (Å²) < 4.78 is 6.55. The first-order chi connectivity index (χ1) is 10.5. The summed E-state index contributed by atoms with van der Waals surface area (Å²) in [4.78, 5) is 12.5. The van der Waals surface area contributed by atoms with E-state index < -0.39 is 5.41 Å². The van der Waals surface area contributed by atoms with Gasteiger partial charge >= 0.3 is 0 Å². The third-order valence-corrected chi connectivity index (χ3v) is 7.13. The molecule has 0 spiro atoms. The van der Waals surface area contributed by atoms with Crippen molar-refractivity contribution in [2.75, 3.05) is 0 Å². The van der Waals surface area contributed by atoms with Gasteiger partial charge in [0.15, 0.2) is 5.76 Å². The van der Waals surface area contributed by atoms with Crippen LogP contribution in [0.25, 0.3) is 0 Å². The van der Waals surface area contributed by atoms with Crippen LogP contribution < -0.4 is 0 Å². The van der Waals surface area contributed by atoms with E-state index in [1.54, 1.807) is 0 Å². The Morgan fingerprint density at radius 3 is 2.39 bits per heavy atom. The average molecular weight is 318 g/mol. The fourth-order valence-corrected chi connectivity index (χ4v) is 5.90. The highest BCUT2D eigenvalue weighted by Crippen LogP contribution is 2.63. The maximum Gasteiger partial charge on any atom is 0.202 e. The molecule has 5 atom stereocenters. The molecule has 3 heteroatoms. The van der Waals surface area contributed by atoms with Gasteiger partial charge in [0.25, 0.3) is 0 Å². The highest BCUT2D eigenvalue weighted by Gasteiger charge is 2.63. The molecule has 0 bridgehead atoms. The van der Waals surface area contributed by atoms with Crippen LogP contribution in [0.2, 0.25) is 0 Å². The van der Waals surface area contributed by atoms with E-state index in [1.165, 1.54) is 0 Å². The van der Waals surface area contributed by atoms with E-state index in [2.05, 4.69) is 27.4 Å². The molecule has 0 radical (unpaired) electrons. The number of aliphatic hydroxyl groups excluding tert-OH is 1. The monoisotopic (exact) mass is 318 g/mol. The molecule has 0 amide bonds. The van der Waals surface area contributed by atoms with Gasteiger partial charge in [-0.3, -0.25) is 4.79 Å². The topological polar surface area (TPSA) is 46.5 Å². The molecule has 1 N–H and O–H groups in total. The summed E-state index contributed by atoms with van der Waals surface area (Å²) in [6.07, 6.45) is 7.62. The van der Waals surface area contributed by atoms with E-state index >= 15 is 0 Å². The highest BCUT2D eigenvalue weighted by atomic mass is 16.5. The van der Waals surface area contributed by atoms with Gasteiger partial charge in [-0.2, -0.15) is 0 Å². The van der Waals surface area contributed by atoms with Crippen molar-refractivity contribution >= 4 is 5.78 Å². The van der Waals surface area contributed by atoms with Gasteiger partial charge in [0.05, 0.1) is 11.2 Å². The lowest BCUT2D eigenvalue weighted by Gasteiger charge is -2.63. The molecule has 23 heavy (non-hydrogen) atoms. The van der Waals surface area contributed by atoms with E-state index in [4.69, 9.17) is 4.74 Å². The Balaban J connectivity index is 2.07. The number of hydrogen-bond donors (Lipinski definition) is 1. The van der Waals surface area contributed by atoms with Gasteiger partial charge in [0, 0.05) is 5.41 Å². The minimum atomic E-state index is -0.520. The second-order valence-corrected chi connectivity index (χ2v) is 9.06. The molecular weight excluding hydrogens is 288 g/mol. The predicted molar refractivity (Wildman–Crippen MR) is 91.1 cm³/mol. The molecule has 1 saturated carbocycles. The zero-order valence-corrected chi connectivity index (χ0v) is 15.1. The van der Waals surface area contributed by atoms with Gasteiger partial charge < -0.3 is 9.84 Å². The zero-order valence-electron chi connectivity index (χ0n) is 15.1. The first kappa shape index (κ1) is 16.8. The van der Waals surface area contributed by atoms with Crippen LogP contribution in [-0.4, -0.2) is 22.1 Å². The van der Waals surface area contributed by atoms with E-state index in [1.807, 2.05) is 26.0 Å². The SMILES string of the molecule is C=C[C@@]1(C)CC[C@@H]2[C@@]3(C)C=C(O)C(=O)C(C)(C)[C@H]3CC[C@@]2(C)O1. The molecule has 3 aliphatic rings. The van der Waals surface area contributed by atoms with Crippen LogP contribution in [0.15, 0.2) is 24.5 Å². The minimum absolute atomic E-state index is 0.0601. The molecule has 0 aromatic rings. The molecule has 2 aliphatic carbocycles. The molecule has 0 aromatic heterocycles. The number of Topliss-reactive ketones (excluding diaryl/α,β-unsaturated/α-hetero) is 1. The van der Waals surface area contributed by atoms with E-state index in [-0.39, 0.29) is 34.1 Å². The summed E-state index contributed by atoms with van der Waals surface area (Å²) in [5.74, 6) is 0.371. The van der Waals surface area contributed by atoms with Crippen molar-refractivity contribution in [3.05, 3.63) is 24.5 Å². The zero-order chi connectivity index (χ0) is 17.3. The largest absolute Gasteiger partial charge is 0.505 e. The summed E-state index contributed by atoms with van der Waals surface area (Å²) >= 11 is 0. The van der Waals surface area contributed by atoms with Crippen LogP contribution in [0, 0.1) is 22.7 Å². The Morgan fingerprint density at radius 1 is 1.17 bits per heavy atom. The number of rotatable bonds is 1. The van der Waals surface area contributed by atoms with Crippen LogP contribution in [0.5, 0.6) is 0 Å².